The summed E-state index contributed by atoms with van der Waals surface area (Å²) in [5, 5.41) is 3.26. The minimum atomic E-state index is 0.152. The molecule has 1 heterocycles. The van der Waals surface area contributed by atoms with E-state index in [-0.39, 0.29) is 10.7 Å². The Morgan fingerprint density at radius 2 is 2.05 bits per heavy atom. The first-order valence-electron chi connectivity index (χ1n) is 6.05. The predicted octanol–water partition coefficient (Wildman–Crippen LogP) is 3.06. The number of carbonyl (C=O) groups excluding carboxylic acids is 1. The number of rotatable bonds is 4. The van der Waals surface area contributed by atoms with Crippen molar-refractivity contribution in [3.63, 3.8) is 0 Å². The number of anilines is 3. The van der Waals surface area contributed by atoms with E-state index in [0.29, 0.717) is 17.9 Å². The second-order valence-corrected chi connectivity index (χ2v) is 4.87. The zero-order chi connectivity index (χ0) is 14.7. The molecule has 0 aliphatic rings. The number of aldehydes is 1. The molecule has 104 valence electrons. The normalized spacial score (nSPS) is 10.2. The molecule has 5 nitrogen and oxygen atoms in total. The number of nitrogens with one attached hydrogen (secondary N) is 1. The van der Waals surface area contributed by atoms with Gasteiger partial charge in [-0.1, -0.05) is 17.7 Å². The third kappa shape index (κ3) is 3.05. The second kappa shape index (κ2) is 5.88. The van der Waals surface area contributed by atoms with E-state index in [9.17, 15) is 4.79 Å². The van der Waals surface area contributed by atoms with Crippen LogP contribution < -0.4 is 10.2 Å². The summed E-state index contributed by atoms with van der Waals surface area (Å²) in [7, 11) is 3.92. The third-order valence-electron chi connectivity index (χ3n) is 2.75. The summed E-state index contributed by atoms with van der Waals surface area (Å²) in [6.07, 6.45) is 0.653. The van der Waals surface area contributed by atoms with Crippen molar-refractivity contribution in [2.24, 2.45) is 0 Å². The van der Waals surface area contributed by atoms with Gasteiger partial charge in [-0.05, 0) is 25.1 Å². The molecule has 1 aromatic heterocycles. The maximum absolute atomic E-state index is 11.1. The van der Waals surface area contributed by atoms with Gasteiger partial charge in [0.15, 0.2) is 6.29 Å². The van der Waals surface area contributed by atoms with Gasteiger partial charge in [-0.2, -0.15) is 0 Å². The summed E-state index contributed by atoms with van der Waals surface area (Å²) in [5.41, 5.74) is 2.13. The Bertz CT molecular complexity index is 643. The van der Waals surface area contributed by atoms with E-state index in [1.165, 1.54) is 0 Å². The lowest BCUT2D eigenvalue weighted by atomic mass is 10.2. The fraction of sp³-hybridized carbons (Fsp3) is 0.214. The SMILES string of the molecule is Cc1nc(Cl)c(C=O)c(Nc2cccc(N(C)C)c2)n1. The van der Waals surface area contributed by atoms with Gasteiger partial charge >= 0.3 is 0 Å². The molecule has 20 heavy (non-hydrogen) atoms. The molecule has 0 saturated heterocycles. The Hall–Kier alpha value is -2.14. The summed E-state index contributed by atoms with van der Waals surface area (Å²) in [6.45, 7) is 1.72. The molecule has 0 unspecified atom stereocenters. The van der Waals surface area contributed by atoms with Crippen LogP contribution >= 0.6 is 11.6 Å². The highest BCUT2D eigenvalue weighted by atomic mass is 35.5. The number of halogens is 1. The molecule has 2 rings (SSSR count). The van der Waals surface area contributed by atoms with Gasteiger partial charge in [0.05, 0.1) is 5.56 Å². The minimum absolute atomic E-state index is 0.152. The average molecular weight is 291 g/mol. The maximum Gasteiger partial charge on any atom is 0.156 e. The molecule has 1 N–H and O–H groups in total. The van der Waals surface area contributed by atoms with E-state index in [4.69, 9.17) is 11.6 Å². The van der Waals surface area contributed by atoms with Crippen molar-refractivity contribution in [2.45, 2.75) is 6.92 Å². The number of hydrogen-bond acceptors (Lipinski definition) is 5. The van der Waals surface area contributed by atoms with Crippen molar-refractivity contribution in [1.29, 1.82) is 0 Å². The zero-order valence-corrected chi connectivity index (χ0v) is 12.3. The van der Waals surface area contributed by atoms with Crippen LogP contribution in [-0.4, -0.2) is 30.3 Å². The number of aryl methyl sites for hydroxylation is 1. The van der Waals surface area contributed by atoms with E-state index in [2.05, 4.69) is 15.3 Å². The largest absolute Gasteiger partial charge is 0.378 e. The topological polar surface area (TPSA) is 58.1 Å². The first-order valence-corrected chi connectivity index (χ1v) is 6.43. The van der Waals surface area contributed by atoms with Crippen molar-refractivity contribution < 1.29 is 4.79 Å². The molecule has 0 bridgehead atoms. The van der Waals surface area contributed by atoms with Gasteiger partial charge in [0, 0.05) is 25.5 Å². The van der Waals surface area contributed by atoms with Crippen molar-refractivity contribution in [1.82, 2.24) is 9.97 Å². The van der Waals surface area contributed by atoms with Gasteiger partial charge in [-0.15, -0.1) is 0 Å². The summed E-state index contributed by atoms with van der Waals surface area (Å²) in [4.78, 5) is 21.3. The molecular weight excluding hydrogens is 276 g/mol. The Balaban J connectivity index is 2.39. The zero-order valence-electron chi connectivity index (χ0n) is 11.5. The van der Waals surface area contributed by atoms with Gasteiger partial charge in [-0.25, -0.2) is 9.97 Å². The van der Waals surface area contributed by atoms with Crippen molar-refractivity contribution >= 4 is 35.1 Å². The van der Waals surface area contributed by atoms with E-state index in [1.54, 1.807) is 6.92 Å². The fourth-order valence-electron chi connectivity index (χ4n) is 1.75. The van der Waals surface area contributed by atoms with Crippen LogP contribution in [0.1, 0.15) is 16.2 Å². The van der Waals surface area contributed by atoms with E-state index in [0.717, 1.165) is 11.4 Å². The molecule has 0 fully saturated rings. The smallest absolute Gasteiger partial charge is 0.156 e. The highest BCUT2D eigenvalue weighted by molar-refractivity contribution is 6.32. The van der Waals surface area contributed by atoms with Crippen molar-refractivity contribution in [2.75, 3.05) is 24.3 Å². The molecule has 0 aliphatic heterocycles. The molecule has 0 aliphatic carbocycles. The van der Waals surface area contributed by atoms with E-state index >= 15 is 0 Å². The first kappa shape index (κ1) is 14.3. The summed E-state index contributed by atoms with van der Waals surface area (Å²) in [5.74, 6) is 0.917. The fourth-order valence-corrected chi connectivity index (χ4v) is 2.00. The van der Waals surface area contributed by atoms with Crippen LogP contribution in [-0.2, 0) is 0 Å². The van der Waals surface area contributed by atoms with Crippen LogP contribution in [0.15, 0.2) is 24.3 Å². The first-order chi connectivity index (χ1) is 9.51. The van der Waals surface area contributed by atoms with Gasteiger partial charge in [0.1, 0.15) is 16.8 Å². The van der Waals surface area contributed by atoms with Gasteiger partial charge < -0.3 is 10.2 Å². The molecular formula is C14H15ClN4O. The monoisotopic (exact) mass is 290 g/mol. The number of benzene rings is 1. The van der Waals surface area contributed by atoms with Crippen LogP contribution in [0, 0.1) is 6.92 Å². The van der Waals surface area contributed by atoms with Crippen LogP contribution in [0.3, 0.4) is 0 Å². The van der Waals surface area contributed by atoms with Gasteiger partial charge in [0.25, 0.3) is 0 Å². The molecule has 0 spiro atoms. The van der Waals surface area contributed by atoms with Crippen molar-refractivity contribution in [3.8, 4) is 0 Å². The Labute approximate surface area is 122 Å². The maximum atomic E-state index is 11.1. The highest BCUT2D eigenvalue weighted by Crippen LogP contribution is 2.25. The number of hydrogen-bond donors (Lipinski definition) is 1. The van der Waals surface area contributed by atoms with Crippen LogP contribution in [0.25, 0.3) is 0 Å². The minimum Gasteiger partial charge on any atom is -0.378 e. The lowest BCUT2D eigenvalue weighted by Gasteiger charge is -2.15. The van der Waals surface area contributed by atoms with E-state index in [1.807, 2.05) is 43.3 Å². The molecule has 0 saturated carbocycles. The van der Waals surface area contributed by atoms with Crippen molar-refractivity contribution in [3.05, 3.63) is 40.8 Å². The number of aromatic nitrogens is 2. The number of carbonyl (C=O) groups is 1. The molecule has 6 heteroatoms. The summed E-state index contributed by atoms with van der Waals surface area (Å²) >= 11 is 5.95. The van der Waals surface area contributed by atoms with Gasteiger partial charge in [0.2, 0.25) is 0 Å². The Kier molecular flexibility index (Phi) is 4.20. The molecule has 0 atom stereocenters. The highest BCUT2D eigenvalue weighted by Gasteiger charge is 2.11. The third-order valence-corrected chi connectivity index (χ3v) is 3.04. The standard InChI is InChI=1S/C14H15ClN4O/c1-9-16-13(15)12(8-20)14(17-9)18-10-5-4-6-11(7-10)19(2)3/h4-8H,1-3H3,(H,16,17,18). The molecule has 1 aromatic carbocycles. The molecule has 0 radical (unpaired) electrons. The Morgan fingerprint density at radius 3 is 2.70 bits per heavy atom. The van der Waals surface area contributed by atoms with Crippen LogP contribution in [0.4, 0.5) is 17.2 Å². The lowest BCUT2D eigenvalue weighted by molar-refractivity contribution is 0.112. The molecule has 0 amide bonds. The van der Waals surface area contributed by atoms with Gasteiger partial charge in [-0.3, -0.25) is 4.79 Å². The predicted molar refractivity (Wildman–Crippen MR) is 81.2 cm³/mol. The molecule has 2 aromatic rings. The number of nitrogens with zero attached hydrogens (tertiary/aromatic N) is 3. The van der Waals surface area contributed by atoms with Crippen LogP contribution in [0.2, 0.25) is 5.15 Å². The lowest BCUT2D eigenvalue weighted by Crippen LogP contribution is -2.09. The van der Waals surface area contributed by atoms with Crippen LogP contribution in [0.5, 0.6) is 0 Å². The summed E-state index contributed by atoms with van der Waals surface area (Å²) in [6, 6.07) is 7.77. The van der Waals surface area contributed by atoms with E-state index < -0.39 is 0 Å². The average Bonchev–Trinajstić information content (AvgIpc) is 2.38. The summed E-state index contributed by atoms with van der Waals surface area (Å²) < 4.78 is 0. The Morgan fingerprint density at radius 1 is 1.30 bits per heavy atom. The second-order valence-electron chi connectivity index (χ2n) is 4.51. The quantitative estimate of drug-likeness (QED) is 0.693.